The van der Waals surface area contributed by atoms with Crippen molar-refractivity contribution in [2.24, 2.45) is 0 Å². The normalized spacial score (nSPS) is 15.7. The number of nitrogens with one attached hydrogen (secondary N) is 1. The van der Waals surface area contributed by atoms with Crippen LogP contribution in [0.3, 0.4) is 0 Å². The van der Waals surface area contributed by atoms with Crippen molar-refractivity contribution < 1.29 is 23.9 Å². The first-order chi connectivity index (χ1) is 9.17. The van der Waals surface area contributed by atoms with Gasteiger partial charge in [-0.1, -0.05) is 6.58 Å². The summed E-state index contributed by atoms with van der Waals surface area (Å²) in [5.41, 5.74) is -0.114. The van der Waals surface area contributed by atoms with Gasteiger partial charge in [0.25, 0.3) is 5.91 Å². The van der Waals surface area contributed by atoms with Crippen molar-refractivity contribution in [1.29, 1.82) is 0 Å². The zero-order chi connectivity index (χ0) is 15.3. The summed E-state index contributed by atoms with van der Waals surface area (Å²) in [4.78, 5) is 34.2. The molecule has 1 aliphatic rings. The van der Waals surface area contributed by atoms with Gasteiger partial charge in [0.15, 0.2) is 5.76 Å². The molecular weight excluding hydrogens is 262 g/mol. The standard InChI is InChI=1S/C14H17NO5/c1-9-5-6-10(13(18)15-9)19-11(16)7-8-12(17)20-14(2,3)4/h6-8H,1,5H2,2-4H3,(H,15,18)/b8-7+. The second kappa shape index (κ2) is 6.18. The monoisotopic (exact) mass is 279 g/mol. The second-order valence-electron chi connectivity index (χ2n) is 5.12. The first-order valence-corrected chi connectivity index (χ1v) is 5.99. The van der Waals surface area contributed by atoms with Crippen LogP contribution in [0.5, 0.6) is 0 Å². The second-order valence-corrected chi connectivity index (χ2v) is 5.12. The van der Waals surface area contributed by atoms with E-state index in [2.05, 4.69) is 11.9 Å². The number of carbonyl (C=O) groups excluding carboxylic acids is 3. The van der Waals surface area contributed by atoms with Gasteiger partial charge in [0.05, 0.1) is 0 Å². The Kier molecular flexibility index (Phi) is 4.85. The van der Waals surface area contributed by atoms with Crippen LogP contribution >= 0.6 is 0 Å². The largest absolute Gasteiger partial charge is 0.457 e. The molecule has 0 aromatic carbocycles. The van der Waals surface area contributed by atoms with Gasteiger partial charge >= 0.3 is 11.9 Å². The van der Waals surface area contributed by atoms with Crippen molar-refractivity contribution in [3.05, 3.63) is 36.3 Å². The van der Waals surface area contributed by atoms with Crippen LogP contribution in [-0.2, 0) is 23.9 Å². The number of amides is 1. The Morgan fingerprint density at radius 3 is 2.45 bits per heavy atom. The van der Waals surface area contributed by atoms with Crippen LogP contribution in [0.2, 0.25) is 0 Å². The van der Waals surface area contributed by atoms with Gasteiger partial charge in [-0.2, -0.15) is 0 Å². The highest BCUT2D eigenvalue weighted by molar-refractivity contribution is 5.98. The number of hydrogen-bond acceptors (Lipinski definition) is 5. The highest BCUT2D eigenvalue weighted by Gasteiger charge is 2.19. The van der Waals surface area contributed by atoms with Crippen LogP contribution in [0.25, 0.3) is 0 Å². The van der Waals surface area contributed by atoms with Crippen LogP contribution in [0.4, 0.5) is 0 Å². The Hall–Kier alpha value is -2.37. The number of allylic oxidation sites excluding steroid dienone is 1. The van der Waals surface area contributed by atoms with E-state index < -0.39 is 23.4 Å². The van der Waals surface area contributed by atoms with Gasteiger partial charge in [-0.15, -0.1) is 0 Å². The van der Waals surface area contributed by atoms with E-state index in [-0.39, 0.29) is 5.76 Å². The summed E-state index contributed by atoms with van der Waals surface area (Å²) in [5, 5.41) is 2.44. The van der Waals surface area contributed by atoms with Crippen molar-refractivity contribution in [3.8, 4) is 0 Å². The van der Waals surface area contributed by atoms with Crippen LogP contribution in [-0.4, -0.2) is 23.4 Å². The molecule has 6 nitrogen and oxygen atoms in total. The minimum atomic E-state index is -0.829. The molecule has 0 fully saturated rings. The van der Waals surface area contributed by atoms with Crippen molar-refractivity contribution in [2.75, 3.05) is 0 Å². The lowest BCUT2D eigenvalue weighted by Gasteiger charge is -2.17. The van der Waals surface area contributed by atoms with Crippen molar-refractivity contribution in [2.45, 2.75) is 32.8 Å². The Morgan fingerprint density at radius 1 is 1.30 bits per heavy atom. The molecule has 0 aliphatic carbocycles. The Labute approximate surface area is 117 Å². The first kappa shape index (κ1) is 15.7. The van der Waals surface area contributed by atoms with E-state index in [0.717, 1.165) is 12.2 Å². The number of esters is 2. The maximum absolute atomic E-state index is 11.4. The van der Waals surface area contributed by atoms with Crippen molar-refractivity contribution in [3.63, 3.8) is 0 Å². The minimum absolute atomic E-state index is 0.115. The summed E-state index contributed by atoms with van der Waals surface area (Å²) >= 11 is 0. The van der Waals surface area contributed by atoms with Crippen LogP contribution in [0, 0.1) is 0 Å². The molecule has 0 spiro atoms. The van der Waals surface area contributed by atoms with E-state index in [1.54, 1.807) is 20.8 Å². The van der Waals surface area contributed by atoms with Crippen LogP contribution in [0.1, 0.15) is 27.2 Å². The first-order valence-electron chi connectivity index (χ1n) is 5.99. The molecule has 1 aliphatic heterocycles. The average Bonchev–Trinajstić information content (AvgIpc) is 2.28. The van der Waals surface area contributed by atoms with Crippen LogP contribution < -0.4 is 5.32 Å². The third-order valence-corrected chi connectivity index (χ3v) is 2.02. The topological polar surface area (TPSA) is 81.7 Å². The lowest BCUT2D eigenvalue weighted by atomic mass is 10.2. The molecule has 0 bridgehead atoms. The lowest BCUT2D eigenvalue weighted by Crippen LogP contribution is -2.29. The summed E-state index contributed by atoms with van der Waals surface area (Å²) < 4.78 is 9.78. The van der Waals surface area contributed by atoms with Crippen molar-refractivity contribution >= 4 is 17.8 Å². The SMILES string of the molecule is C=C1CC=C(OC(=O)/C=C/C(=O)OC(C)(C)C)C(=O)N1. The van der Waals surface area contributed by atoms with Crippen molar-refractivity contribution in [1.82, 2.24) is 5.32 Å². The van der Waals surface area contributed by atoms with Crippen LogP contribution in [0.15, 0.2) is 36.3 Å². The smallest absolute Gasteiger partial charge is 0.336 e. The molecule has 1 rings (SSSR count). The third-order valence-electron chi connectivity index (χ3n) is 2.02. The summed E-state index contributed by atoms with van der Waals surface area (Å²) in [5.74, 6) is -2.15. The maximum Gasteiger partial charge on any atom is 0.336 e. The molecule has 0 unspecified atom stereocenters. The molecule has 0 saturated heterocycles. The lowest BCUT2D eigenvalue weighted by molar-refractivity contribution is -0.149. The molecule has 0 saturated carbocycles. The molecule has 1 N–H and O–H groups in total. The highest BCUT2D eigenvalue weighted by Crippen LogP contribution is 2.11. The molecule has 0 aromatic rings. The summed E-state index contributed by atoms with van der Waals surface area (Å²) in [6.07, 6.45) is 3.70. The van der Waals surface area contributed by atoms with E-state index in [1.807, 2.05) is 0 Å². The predicted octanol–water partition coefficient (Wildman–Crippen LogP) is 1.34. The zero-order valence-electron chi connectivity index (χ0n) is 11.7. The molecule has 6 heteroatoms. The number of hydrogen-bond donors (Lipinski definition) is 1. The molecule has 20 heavy (non-hydrogen) atoms. The maximum atomic E-state index is 11.4. The molecular formula is C14H17NO5. The predicted molar refractivity (Wildman–Crippen MR) is 71.1 cm³/mol. The molecule has 0 atom stereocenters. The molecule has 0 radical (unpaired) electrons. The number of carbonyl (C=O) groups is 3. The van der Waals surface area contributed by atoms with E-state index >= 15 is 0 Å². The fraction of sp³-hybridized carbons (Fsp3) is 0.357. The van der Waals surface area contributed by atoms with Gasteiger partial charge in [0, 0.05) is 24.3 Å². The number of ether oxygens (including phenoxy) is 2. The Morgan fingerprint density at radius 2 is 1.90 bits per heavy atom. The molecule has 0 aromatic heterocycles. The number of rotatable bonds is 3. The summed E-state index contributed by atoms with van der Waals surface area (Å²) in [6, 6.07) is 0. The van der Waals surface area contributed by atoms with E-state index in [9.17, 15) is 14.4 Å². The van der Waals surface area contributed by atoms with E-state index in [0.29, 0.717) is 12.1 Å². The summed E-state index contributed by atoms with van der Waals surface area (Å²) in [6.45, 7) is 8.71. The highest BCUT2D eigenvalue weighted by atomic mass is 16.6. The quantitative estimate of drug-likeness (QED) is 0.623. The fourth-order valence-electron chi connectivity index (χ4n) is 1.28. The third kappa shape index (κ3) is 5.51. The summed E-state index contributed by atoms with van der Waals surface area (Å²) in [7, 11) is 0. The molecule has 1 heterocycles. The van der Waals surface area contributed by atoms with E-state index in [1.165, 1.54) is 6.08 Å². The van der Waals surface area contributed by atoms with Gasteiger partial charge in [-0.05, 0) is 26.8 Å². The van der Waals surface area contributed by atoms with Gasteiger partial charge in [-0.3, -0.25) is 4.79 Å². The minimum Gasteiger partial charge on any atom is -0.457 e. The van der Waals surface area contributed by atoms with Gasteiger partial charge < -0.3 is 14.8 Å². The Balaban J connectivity index is 2.54. The van der Waals surface area contributed by atoms with Gasteiger partial charge in [-0.25, -0.2) is 9.59 Å². The van der Waals surface area contributed by atoms with Gasteiger partial charge in [0.1, 0.15) is 5.60 Å². The fourth-order valence-corrected chi connectivity index (χ4v) is 1.28. The zero-order valence-corrected chi connectivity index (χ0v) is 11.7. The Bertz CT molecular complexity index is 508. The van der Waals surface area contributed by atoms with E-state index in [4.69, 9.17) is 9.47 Å². The average molecular weight is 279 g/mol. The van der Waals surface area contributed by atoms with Gasteiger partial charge in [0.2, 0.25) is 0 Å². The molecule has 108 valence electrons. The molecule has 1 amide bonds.